The lowest BCUT2D eigenvalue weighted by Crippen LogP contribution is -2.20. The SMILES string of the molecule is CCCC(Cl)OCC(C)OC(=O)Cl. The van der Waals surface area contributed by atoms with Crippen LogP contribution in [0.3, 0.4) is 0 Å². The van der Waals surface area contributed by atoms with Crippen molar-refractivity contribution in [2.24, 2.45) is 0 Å². The van der Waals surface area contributed by atoms with Gasteiger partial charge in [-0.1, -0.05) is 24.9 Å². The van der Waals surface area contributed by atoms with Crippen LogP contribution in [0, 0.1) is 0 Å². The van der Waals surface area contributed by atoms with Gasteiger partial charge in [0.2, 0.25) is 0 Å². The van der Waals surface area contributed by atoms with Crippen molar-refractivity contribution in [2.45, 2.75) is 38.4 Å². The zero-order valence-corrected chi connectivity index (χ0v) is 9.27. The number of hydrogen-bond donors (Lipinski definition) is 0. The first-order chi connectivity index (χ1) is 6.06. The van der Waals surface area contributed by atoms with Gasteiger partial charge in [0.15, 0.2) is 0 Å². The largest absolute Gasteiger partial charge is 0.448 e. The fourth-order valence-corrected chi connectivity index (χ4v) is 1.19. The van der Waals surface area contributed by atoms with Gasteiger partial charge in [0.05, 0.1) is 6.61 Å². The Morgan fingerprint density at radius 3 is 2.62 bits per heavy atom. The van der Waals surface area contributed by atoms with Crippen LogP contribution in [0.4, 0.5) is 4.79 Å². The third-order valence-electron chi connectivity index (χ3n) is 1.32. The van der Waals surface area contributed by atoms with Gasteiger partial charge in [0.25, 0.3) is 0 Å². The zero-order chi connectivity index (χ0) is 10.3. The van der Waals surface area contributed by atoms with Crippen LogP contribution >= 0.6 is 23.2 Å². The molecule has 5 heteroatoms. The summed E-state index contributed by atoms with van der Waals surface area (Å²) in [4.78, 5) is 10.3. The molecule has 0 aliphatic heterocycles. The molecule has 2 atom stereocenters. The molecular weight excluding hydrogens is 215 g/mol. The van der Waals surface area contributed by atoms with Crippen LogP contribution in [0.25, 0.3) is 0 Å². The van der Waals surface area contributed by atoms with Gasteiger partial charge in [-0.15, -0.1) is 0 Å². The van der Waals surface area contributed by atoms with Crippen LogP contribution in [-0.4, -0.2) is 23.7 Å². The molecule has 3 nitrogen and oxygen atoms in total. The Morgan fingerprint density at radius 2 is 2.15 bits per heavy atom. The minimum atomic E-state index is -0.822. The molecule has 0 aliphatic carbocycles. The van der Waals surface area contributed by atoms with Crippen molar-refractivity contribution in [1.82, 2.24) is 0 Å². The fraction of sp³-hybridized carbons (Fsp3) is 0.875. The Bertz CT molecular complexity index is 152. The van der Waals surface area contributed by atoms with Crippen molar-refractivity contribution in [3.8, 4) is 0 Å². The second kappa shape index (κ2) is 7.42. The van der Waals surface area contributed by atoms with E-state index in [0.29, 0.717) is 0 Å². The van der Waals surface area contributed by atoms with Gasteiger partial charge in [-0.25, -0.2) is 4.79 Å². The number of halogens is 2. The molecule has 0 radical (unpaired) electrons. The highest BCUT2D eigenvalue weighted by Gasteiger charge is 2.10. The number of alkyl halides is 1. The molecular formula is C8H14Cl2O3. The van der Waals surface area contributed by atoms with E-state index in [-0.39, 0.29) is 18.3 Å². The molecule has 0 saturated carbocycles. The maximum absolute atomic E-state index is 10.3. The maximum Gasteiger partial charge on any atom is 0.404 e. The molecule has 0 rings (SSSR count). The van der Waals surface area contributed by atoms with E-state index in [9.17, 15) is 4.79 Å². The third-order valence-corrected chi connectivity index (χ3v) is 1.75. The first kappa shape index (κ1) is 13.0. The molecule has 0 N–H and O–H groups in total. The van der Waals surface area contributed by atoms with Gasteiger partial charge in [0.1, 0.15) is 11.7 Å². The Balaban J connectivity index is 3.45. The summed E-state index contributed by atoms with van der Waals surface area (Å²) < 4.78 is 9.80. The van der Waals surface area contributed by atoms with Gasteiger partial charge in [-0.05, 0) is 13.3 Å². The summed E-state index contributed by atoms with van der Waals surface area (Å²) in [7, 11) is 0. The summed E-state index contributed by atoms with van der Waals surface area (Å²) in [5.41, 5.74) is -1.14. The topological polar surface area (TPSA) is 35.5 Å². The third kappa shape index (κ3) is 8.34. The van der Waals surface area contributed by atoms with E-state index in [2.05, 4.69) is 4.74 Å². The molecule has 0 amide bonds. The van der Waals surface area contributed by atoms with Crippen molar-refractivity contribution in [2.75, 3.05) is 6.61 Å². The summed E-state index contributed by atoms with van der Waals surface area (Å²) >= 11 is 10.8. The maximum atomic E-state index is 10.3. The molecule has 0 aromatic heterocycles. The quantitative estimate of drug-likeness (QED) is 0.518. The fourth-order valence-electron chi connectivity index (χ4n) is 0.742. The molecule has 13 heavy (non-hydrogen) atoms. The average molecular weight is 229 g/mol. The summed E-state index contributed by atoms with van der Waals surface area (Å²) in [5, 5.41) is 0. The Morgan fingerprint density at radius 1 is 1.54 bits per heavy atom. The Kier molecular flexibility index (Phi) is 7.42. The van der Waals surface area contributed by atoms with Crippen LogP contribution in [-0.2, 0) is 9.47 Å². The lowest BCUT2D eigenvalue weighted by molar-refractivity contribution is 0.0223. The lowest BCUT2D eigenvalue weighted by atomic mass is 10.3. The number of ether oxygens (including phenoxy) is 2. The van der Waals surface area contributed by atoms with E-state index < -0.39 is 5.43 Å². The smallest absolute Gasteiger partial charge is 0.404 e. The van der Waals surface area contributed by atoms with E-state index in [0.717, 1.165) is 12.8 Å². The minimum Gasteiger partial charge on any atom is -0.448 e. The van der Waals surface area contributed by atoms with Crippen molar-refractivity contribution in [3.05, 3.63) is 0 Å². The van der Waals surface area contributed by atoms with Crippen molar-refractivity contribution >= 4 is 28.6 Å². The first-order valence-electron chi connectivity index (χ1n) is 4.18. The minimum absolute atomic E-state index is 0.270. The van der Waals surface area contributed by atoms with Crippen molar-refractivity contribution in [3.63, 3.8) is 0 Å². The number of carbonyl (C=O) groups excluding carboxylic acids is 1. The van der Waals surface area contributed by atoms with Gasteiger partial charge in [0, 0.05) is 11.6 Å². The molecule has 2 unspecified atom stereocenters. The molecule has 0 aromatic rings. The Hall–Kier alpha value is 0.01000. The van der Waals surface area contributed by atoms with Gasteiger partial charge in [-0.2, -0.15) is 0 Å². The number of carbonyl (C=O) groups is 1. The van der Waals surface area contributed by atoms with Crippen LogP contribution < -0.4 is 0 Å². The van der Waals surface area contributed by atoms with Crippen LogP contribution in [0.5, 0.6) is 0 Å². The first-order valence-corrected chi connectivity index (χ1v) is 4.99. The van der Waals surface area contributed by atoms with E-state index >= 15 is 0 Å². The standard InChI is InChI=1S/C8H14Cl2O3/c1-3-4-7(9)12-5-6(2)13-8(10)11/h6-7H,3-5H2,1-2H3. The molecule has 0 aromatic carbocycles. The molecule has 78 valence electrons. The van der Waals surface area contributed by atoms with E-state index in [4.69, 9.17) is 27.9 Å². The lowest BCUT2D eigenvalue weighted by Gasteiger charge is -2.14. The van der Waals surface area contributed by atoms with Gasteiger partial charge in [-0.3, -0.25) is 0 Å². The van der Waals surface area contributed by atoms with E-state index in [1.807, 2.05) is 6.92 Å². The highest BCUT2D eigenvalue weighted by molar-refractivity contribution is 6.61. The predicted molar refractivity (Wildman–Crippen MR) is 52.3 cm³/mol. The van der Waals surface area contributed by atoms with Crippen LogP contribution in [0.1, 0.15) is 26.7 Å². The highest BCUT2D eigenvalue weighted by Crippen LogP contribution is 2.08. The number of hydrogen-bond acceptors (Lipinski definition) is 3. The highest BCUT2D eigenvalue weighted by atomic mass is 35.5. The monoisotopic (exact) mass is 228 g/mol. The van der Waals surface area contributed by atoms with Crippen LogP contribution in [0.2, 0.25) is 0 Å². The molecule has 0 bridgehead atoms. The summed E-state index contributed by atoms with van der Waals surface area (Å²) in [6.45, 7) is 3.98. The zero-order valence-electron chi connectivity index (χ0n) is 7.76. The van der Waals surface area contributed by atoms with Gasteiger partial charge >= 0.3 is 5.43 Å². The van der Waals surface area contributed by atoms with Crippen molar-refractivity contribution in [1.29, 1.82) is 0 Å². The average Bonchev–Trinajstić information content (AvgIpc) is 2.00. The molecule has 0 saturated heterocycles. The van der Waals surface area contributed by atoms with E-state index in [1.165, 1.54) is 0 Å². The second-order valence-electron chi connectivity index (χ2n) is 2.70. The summed E-state index contributed by atoms with van der Waals surface area (Å²) in [6, 6.07) is 0. The Labute approximate surface area is 88.3 Å². The second-order valence-corrected chi connectivity index (χ2v) is 3.49. The van der Waals surface area contributed by atoms with Crippen LogP contribution in [0.15, 0.2) is 0 Å². The molecule has 0 heterocycles. The molecule has 0 fully saturated rings. The molecule has 0 spiro atoms. The molecule has 0 aliphatic rings. The summed E-state index contributed by atoms with van der Waals surface area (Å²) in [6.07, 6.45) is 1.38. The summed E-state index contributed by atoms with van der Waals surface area (Å²) in [5.74, 6) is 0. The van der Waals surface area contributed by atoms with Crippen molar-refractivity contribution < 1.29 is 14.3 Å². The van der Waals surface area contributed by atoms with Gasteiger partial charge < -0.3 is 9.47 Å². The normalized spacial score (nSPS) is 15.1. The predicted octanol–water partition coefficient (Wildman–Crippen LogP) is 3.13. The van der Waals surface area contributed by atoms with E-state index in [1.54, 1.807) is 6.92 Å². The number of rotatable bonds is 6.